The number of rotatable bonds is 2. The summed E-state index contributed by atoms with van der Waals surface area (Å²) in [5.74, 6) is -0.300. The summed E-state index contributed by atoms with van der Waals surface area (Å²) in [5.41, 5.74) is 0.0723. The Kier molecular flexibility index (Phi) is 3.38. The minimum atomic E-state index is -0.698. The zero-order chi connectivity index (χ0) is 12.5. The van der Waals surface area contributed by atoms with E-state index in [0.29, 0.717) is 19.0 Å². The molecule has 1 heterocycles. The summed E-state index contributed by atoms with van der Waals surface area (Å²) < 4.78 is 0. The summed E-state index contributed by atoms with van der Waals surface area (Å²) in [4.78, 5) is 24.1. The van der Waals surface area contributed by atoms with Crippen LogP contribution >= 0.6 is 0 Å². The number of hydrogen-bond donors (Lipinski definition) is 2. The fourth-order valence-corrected chi connectivity index (χ4v) is 3.06. The maximum absolute atomic E-state index is 11.3. The second-order valence-electron chi connectivity index (χ2n) is 5.40. The quantitative estimate of drug-likeness (QED) is 0.735. The van der Waals surface area contributed by atoms with E-state index >= 15 is 0 Å². The first-order chi connectivity index (χ1) is 8.02. The van der Waals surface area contributed by atoms with Crippen LogP contribution in [0.2, 0.25) is 0 Å². The molecule has 96 valence electrons. The highest BCUT2D eigenvalue weighted by atomic mass is 16.4. The molecule has 1 spiro atoms. The van der Waals surface area contributed by atoms with Crippen molar-refractivity contribution in [1.29, 1.82) is 0 Å². The van der Waals surface area contributed by atoms with Gasteiger partial charge < -0.3 is 10.4 Å². The standard InChI is InChI=1S/C12H20N2O3/c1-14-7-10(15)13-8-12(14)4-2-9(3-5-12)6-11(16)17/h9H,2-8H2,1H3,(H,13,15)(H,16,17). The van der Waals surface area contributed by atoms with Gasteiger partial charge >= 0.3 is 5.97 Å². The van der Waals surface area contributed by atoms with Gasteiger partial charge in [0.25, 0.3) is 0 Å². The van der Waals surface area contributed by atoms with Crippen LogP contribution in [0.1, 0.15) is 32.1 Å². The molecule has 5 nitrogen and oxygen atoms in total. The lowest BCUT2D eigenvalue weighted by atomic mass is 9.74. The fourth-order valence-electron chi connectivity index (χ4n) is 3.06. The smallest absolute Gasteiger partial charge is 0.303 e. The number of carbonyl (C=O) groups excluding carboxylic acids is 1. The second-order valence-corrected chi connectivity index (χ2v) is 5.40. The Labute approximate surface area is 101 Å². The second kappa shape index (κ2) is 4.64. The molecule has 1 saturated heterocycles. The fraction of sp³-hybridized carbons (Fsp3) is 0.833. The summed E-state index contributed by atoms with van der Waals surface area (Å²) in [7, 11) is 2.00. The highest BCUT2D eigenvalue weighted by Gasteiger charge is 2.42. The van der Waals surface area contributed by atoms with Crippen molar-refractivity contribution in [1.82, 2.24) is 10.2 Å². The summed E-state index contributed by atoms with van der Waals surface area (Å²) in [6.07, 6.45) is 4.16. The van der Waals surface area contributed by atoms with Gasteiger partial charge in [0, 0.05) is 18.5 Å². The van der Waals surface area contributed by atoms with Crippen LogP contribution in [0.3, 0.4) is 0 Å². The van der Waals surface area contributed by atoms with Crippen LogP contribution < -0.4 is 5.32 Å². The highest BCUT2D eigenvalue weighted by molar-refractivity contribution is 5.79. The molecule has 0 radical (unpaired) electrons. The van der Waals surface area contributed by atoms with Crippen molar-refractivity contribution < 1.29 is 14.7 Å². The number of amides is 1. The lowest BCUT2D eigenvalue weighted by Gasteiger charge is -2.48. The molecule has 0 aromatic rings. The lowest BCUT2D eigenvalue weighted by Crippen LogP contribution is -2.62. The van der Waals surface area contributed by atoms with Gasteiger partial charge in [-0.1, -0.05) is 0 Å². The van der Waals surface area contributed by atoms with Crippen LogP contribution in [-0.4, -0.2) is 47.6 Å². The van der Waals surface area contributed by atoms with Crippen molar-refractivity contribution in [2.75, 3.05) is 20.1 Å². The predicted molar refractivity (Wildman–Crippen MR) is 62.6 cm³/mol. The number of carbonyl (C=O) groups is 2. The van der Waals surface area contributed by atoms with E-state index in [9.17, 15) is 9.59 Å². The van der Waals surface area contributed by atoms with E-state index in [1.807, 2.05) is 7.05 Å². The summed E-state index contributed by atoms with van der Waals surface area (Å²) in [6.45, 7) is 1.17. The van der Waals surface area contributed by atoms with E-state index in [2.05, 4.69) is 10.2 Å². The maximum Gasteiger partial charge on any atom is 0.303 e. The van der Waals surface area contributed by atoms with Crippen LogP contribution in [0.25, 0.3) is 0 Å². The van der Waals surface area contributed by atoms with E-state index in [1.165, 1.54) is 0 Å². The van der Waals surface area contributed by atoms with Crippen molar-refractivity contribution in [2.45, 2.75) is 37.6 Å². The number of aliphatic carboxylic acids is 1. The topological polar surface area (TPSA) is 69.6 Å². The first-order valence-corrected chi connectivity index (χ1v) is 6.21. The van der Waals surface area contributed by atoms with Crippen LogP contribution in [-0.2, 0) is 9.59 Å². The largest absolute Gasteiger partial charge is 0.481 e. The lowest BCUT2D eigenvalue weighted by molar-refractivity contribution is -0.138. The summed E-state index contributed by atoms with van der Waals surface area (Å²) in [6, 6.07) is 0. The Hall–Kier alpha value is -1.10. The molecule has 2 aliphatic rings. The Morgan fingerprint density at radius 3 is 2.71 bits per heavy atom. The van der Waals surface area contributed by atoms with Gasteiger partial charge in [-0.25, -0.2) is 0 Å². The van der Waals surface area contributed by atoms with E-state index in [0.717, 1.165) is 25.7 Å². The molecule has 1 aliphatic carbocycles. The molecule has 2 fully saturated rings. The zero-order valence-corrected chi connectivity index (χ0v) is 10.2. The molecule has 0 aromatic carbocycles. The first kappa shape index (κ1) is 12.4. The van der Waals surface area contributed by atoms with Crippen molar-refractivity contribution in [3.8, 4) is 0 Å². The minimum absolute atomic E-state index is 0.0723. The Balaban J connectivity index is 1.93. The van der Waals surface area contributed by atoms with Crippen molar-refractivity contribution >= 4 is 11.9 Å². The number of nitrogens with one attached hydrogen (secondary N) is 1. The molecular formula is C12H20N2O3. The van der Waals surface area contributed by atoms with Gasteiger partial charge in [0.2, 0.25) is 5.91 Å². The van der Waals surface area contributed by atoms with Gasteiger partial charge in [-0.2, -0.15) is 0 Å². The minimum Gasteiger partial charge on any atom is -0.481 e. The SMILES string of the molecule is CN1CC(=O)NCC12CCC(CC(=O)O)CC2. The molecule has 0 bridgehead atoms. The van der Waals surface area contributed by atoms with Crippen molar-refractivity contribution in [3.05, 3.63) is 0 Å². The number of carboxylic acids is 1. The molecular weight excluding hydrogens is 220 g/mol. The summed E-state index contributed by atoms with van der Waals surface area (Å²) in [5, 5.41) is 11.7. The number of piperazine rings is 1. The molecule has 17 heavy (non-hydrogen) atoms. The Bertz CT molecular complexity index is 322. The normalized spacial score (nSPS) is 34.6. The van der Waals surface area contributed by atoms with Gasteiger partial charge in [-0.15, -0.1) is 0 Å². The average molecular weight is 240 g/mol. The van der Waals surface area contributed by atoms with Gasteiger partial charge in [-0.3, -0.25) is 14.5 Å². The third-order valence-corrected chi connectivity index (χ3v) is 4.30. The van der Waals surface area contributed by atoms with Crippen LogP contribution in [0.4, 0.5) is 0 Å². The van der Waals surface area contributed by atoms with Crippen molar-refractivity contribution in [3.63, 3.8) is 0 Å². The predicted octanol–water partition coefficient (Wildman–Crippen LogP) is 0.452. The maximum atomic E-state index is 11.3. The van der Waals surface area contributed by atoms with Gasteiger partial charge in [0.1, 0.15) is 0 Å². The monoisotopic (exact) mass is 240 g/mol. The van der Waals surface area contributed by atoms with Crippen LogP contribution in [0.5, 0.6) is 0 Å². The molecule has 0 unspecified atom stereocenters. The number of hydrogen-bond acceptors (Lipinski definition) is 3. The molecule has 2 rings (SSSR count). The average Bonchev–Trinajstić information content (AvgIpc) is 2.26. The van der Waals surface area contributed by atoms with E-state index in [-0.39, 0.29) is 17.9 Å². The Morgan fingerprint density at radius 2 is 2.18 bits per heavy atom. The zero-order valence-electron chi connectivity index (χ0n) is 10.2. The number of carboxylic acid groups (broad SMARTS) is 1. The highest BCUT2D eigenvalue weighted by Crippen LogP contribution is 2.37. The molecule has 2 N–H and O–H groups in total. The van der Waals surface area contributed by atoms with E-state index < -0.39 is 5.97 Å². The third-order valence-electron chi connectivity index (χ3n) is 4.30. The van der Waals surface area contributed by atoms with Gasteiger partial charge in [-0.05, 0) is 38.6 Å². The number of nitrogens with zero attached hydrogens (tertiary/aromatic N) is 1. The Morgan fingerprint density at radius 1 is 1.53 bits per heavy atom. The third kappa shape index (κ3) is 2.60. The van der Waals surface area contributed by atoms with Crippen molar-refractivity contribution in [2.24, 2.45) is 5.92 Å². The first-order valence-electron chi connectivity index (χ1n) is 6.21. The number of likely N-dealkylation sites (N-methyl/N-ethyl adjacent to an activating group) is 1. The van der Waals surface area contributed by atoms with Gasteiger partial charge in [0.05, 0.1) is 6.54 Å². The molecule has 0 aromatic heterocycles. The molecule has 0 atom stereocenters. The van der Waals surface area contributed by atoms with E-state index in [4.69, 9.17) is 5.11 Å². The summed E-state index contributed by atoms with van der Waals surface area (Å²) >= 11 is 0. The van der Waals surface area contributed by atoms with Crippen LogP contribution in [0, 0.1) is 5.92 Å². The van der Waals surface area contributed by atoms with Gasteiger partial charge in [0.15, 0.2) is 0 Å². The molecule has 1 saturated carbocycles. The molecule has 1 amide bonds. The molecule has 1 aliphatic heterocycles. The van der Waals surface area contributed by atoms with Crippen LogP contribution in [0.15, 0.2) is 0 Å². The van der Waals surface area contributed by atoms with E-state index in [1.54, 1.807) is 0 Å². The molecule has 5 heteroatoms.